The molecule has 3 saturated heterocycles. The van der Waals surface area contributed by atoms with E-state index in [0.29, 0.717) is 57.3 Å². The molecule has 1 aromatic carbocycles. The van der Waals surface area contributed by atoms with E-state index in [1.54, 1.807) is 12.1 Å². The van der Waals surface area contributed by atoms with Crippen molar-refractivity contribution in [2.45, 2.75) is 23.8 Å². The number of anilines is 2. The largest absolute Gasteiger partial charge is 0.381 e. The van der Waals surface area contributed by atoms with E-state index in [9.17, 15) is 18.0 Å². The molecule has 0 radical (unpaired) electrons. The molecule has 3 fully saturated rings. The normalized spacial score (nSPS) is 22.1. The fourth-order valence-corrected chi connectivity index (χ4v) is 5.36. The van der Waals surface area contributed by atoms with Crippen LogP contribution in [0.5, 0.6) is 0 Å². The molecular formula is C20H29N5O6S. The van der Waals surface area contributed by atoms with Gasteiger partial charge in [0.2, 0.25) is 15.9 Å². The van der Waals surface area contributed by atoms with Crippen LogP contribution in [0, 0.1) is 0 Å². The Balaban J connectivity index is 1.52. The predicted octanol–water partition coefficient (Wildman–Crippen LogP) is 0.262. The maximum Gasteiger partial charge on any atom is 0.324 e. The lowest BCUT2D eigenvalue weighted by Gasteiger charge is -2.26. The number of amides is 3. The van der Waals surface area contributed by atoms with Crippen molar-refractivity contribution in [3.8, 4) is 0 Å². The molecule has 1 aromatic rings. The molecule has 0 saturated carbocycles. The number of hydrogen-bond acceptors (Lipinski definition) is 8. The van der Waals surface area contributed by atoms with E-state index in [-0.39, 0.29) is 23.5 Å². The number of carbonyl (C=O) groups is 2. The number of rotatable bonds is 8. The van der Waals surface area contributed by atoms with Gasteiger partial charge in [-0.25, -0.2) is 13.2 Å². The van der Waals surface area contributed by atoms with E-state index in [2.05, 4.69) is 16.0 Å². The lowest BCUT2D eigenvalue weighted by Crippen LogP contribution is -2.40. The van der Waals surface area contributed by atoms with Gasteiger partial charge in [-0.2, -0.15) is 4.31 Å². The quantitative estimate of drug-likeness (QED) is 0.497. The SMILES string of the molecule is O=C(CNc1cc(S(=O)(=O)N2CCOCC2)ccc1NC[C@H]1CCCO1)N1CCNC1=O. The second-order valence-electron chi connectivity index (χ2n) is 7.87. The number of urea groups is 1. The Morgan fingerprint density at radius 3 is 2.62 bits per heavy atom. The molecule has 3 amide bonds. The molecule has 3 heterocycles. The molecule has 3 N–H and O–H groups in total. The summed E-state index contributed by atoms with van der Waals surface area (Å²) in [7, 11) is -3.69. The summed E-state index contributed by atoms with van der Waals surface area (Å²) in [5, 5.41) is 8.91. The third kappa shape index (κ3) is 5.14. The van der Waals surface area contributed by atoms with Crippen LogP contribution in [-0.2, 0) is 24.3 Å². The van der Waals surface area contributed by atoms with E-state index in [1.165, 1.54) is 10.4 Å². The van der Waals surface area contributed by atoms with E-state index >= 15 is 0 Å². The summed E-state index contributed by atoms with van der Waals surface area (Å²) >= 11 is 0. The fraction of sp³-hybridized carbons (Fsp3) is 0.600. The van der Waals surface area contributed by atoms with Crippen LogP contribution in [0.4, 0.5) is 16.2 Å². The second kappa shape index (κ2) is 10.0. The van der Waals surface area contributed by atoms with Gasteiger partial charge in [0.25, 0.3) is 0 Å². The van der Waals surface area contributed by atoms with Crippen molar-refractivity contribution in [3.63, 3.8) is 0 Å². The van der Waals surface area contributed by atoms with Crippen LogP contribution in [0.2, 0.25) is 0 Å². The van der Waals surface area contributed by atoms with Crippen LogP contribution >= 0.6 is 0 Å². The van der Waals surface area contributed by atoms with Crippen molar-refractivity contribution >= 4 is 33.3 Å². The summed E-state index contributed by atoms with van der Waals surface area (Å²) in [6.07, 6.45) is 2.07. The van der Waals surface area contributed by atoms with Gasteiger partial charge in [-0.05, 0) is 31.0 Å². The Bertz CT molecular complexity index is 944. The molecule has 32 heavy (non-hydrogen) atoms. The third-order valence-electron chi connectivity index (χ3n) is 5.73. The Hall–Kier alpha value is -2.41. The molecule has 3 aliphatic rings. The topological polar surface area (TPSA) is 129 Å². The third-order valence-corrected chi connectivity index (χ3v) is 7.63. The molecule has 0 unspecified atom stereocenters. The number of imide groups is 1. The summed E-state index contributed by atoms with van der Waals surface area (Å²) in [5.74, 6) is -0.383. The number of hydrogen-bond donors (Lipinski definition) is 3. The summed E-state index contributed by atoms with van der Waals surface area (Å²) in [6.45, 7) is 3.23. The first-order valence-corrected chi connectivity index (χ1v) is 12.3. The maximum atomic E-state index is 13.1. The highest BCUT2D eigenvalue weighted by Gasteiger charge is 2.28. The molecule has 0 spiro atoms. The Kier molecular flexibility index (Phi) is 7.13. The minimum atomic E-state index is -3.69. The number of carbonyl (C=O) groups excluding carboxylic acids is 2. The molecular weight excluding hydrogens is 438 g/mol. The van der Waals surface area contributed by atoms with Crippen molar-refractivity contribution in [1.29, 1.82) is 0 Å². The highest BCUT2D eigenvalue weighted by molar-refractivity contribution is 7.89. The zero-order valence-corrected chi connectivity index (χ0v) is 18.7. The van der Waals surface area contributed by atoms with E-state index < -0.39 is 16.1 Å². The highest BCUT2D eigenvalue weighted by atomic mass is 32.2. The Morgan fingerprint density at radius 1 is 1.12 bits per heavy atom. The number of nitrogens with one attached hydrogen (secondary N) is 3. The fourth-order valence-electron chi connectivity index (χ4n) is 3.93. The van der Waals surface area contributed by atoms with Crippen LogP contribution in [-0.4, -0.2) is 94.8 Å². The summed E-state index contributed by atoms with van der Waals surface area (Å²) in [6, 6.07) is 4.36. The monoisotopic (exact) mass is 467 g/mol. The first kappa shape index (κ1) is 22.8. The minimum Gasteiger partial charge on any atom is -0.381 e. The standard InChI is InChI=1S/C20H29N5O6S/c26-19(25-6-5-21-20(25)27)14-23-18-12-16(32(28,29)24-7-10-30-11-8-24)3-4-17(18)22-13-15-2-1-9-31-15/h3-4,12,15,22-23H,1-2,5-11,13-14H2,(H,21,27)/t15-/m1/s1. The van der Waals surface area contributed by atoms with Crippen molar-refractivity contribution in [3.05, 3.63) is 18.2 Å². The smallest absolute Gasteiger partial charge is 0.324 e. The number of nitrogens with zero attached hydrogens (tertiary/aromatic N) is 2. The van der Waals surface area contributed by atoms with Crippen molar-refractivity contribution in [2.24, 2.45) is 0 Å². The lowest BCUT2D eigenvalue weighted by molar-refractivity contribution is -0.125. The van der Waals surface area contributed by atoms with E-state index in [4.69, 9.17) is 9.47 Å². The van der Waals surface area contributed by atoms with Gasteiger partial charge < -0.3 is 25.4 Å². The zero-order chi connectivity index (χ0) is 22.6. The number of ether oxygens (including phenoxy) is 2. The van der Waals surface area contributed by atoms with E-state index in [0.717, 1.165) is 24.3 Å². The molecule has 12 heteroatoms. The molecule has 176 valence electrons. The second-order valence-corrected chi connectivity index (χ2v) is 9.81. The summed E-state index contributed by atoms with van der Waals surface area (Å²) < 4.78 is 38.5. The molecule has 3 aliphatic heterocycles. The van der Waals surface area contributed by atoms with Crippen molar-refractivity contribution < 1.29 is 27.5 Å². The van der Waals surface area contributed by atoms with Gasteiger partial charge in [0.15, 0.2) is 0 Å². The number of morpholine rings is 1. The number of sulfonamides is 1. The highest BCUT2D eigenvalue weighted by Crippen LogP contribution is 2.28. The van der Waals surface area contributed by atoms with Gasteiger partial charge >= 0.3 is 6.03 Å². The van der Waals surface area contributed by atoms with Crippen LogP contribution in [0.3, 0.4) is 0 Å². The molecule has 4 rings (SSSR count). The van der Waals surface area contributed by atoms with Gasteiger partial charge in [0.05, 0.1) is 42.1 Å². The molecule has 0 bridgehead atoms. The zero-order valence-electron chi connectivity index (χ0n) is 17.8. The molecule has 11 nitrogen and oxygen atoms in total. The Labute approximate surface area is 187 Å². The number of benzene rings is 1. The summed E-state index contributed by atoms with van der Waals surface area (Å²) in [4.78, 5) is 25.5. The maximum absolute atomic E-state index is 13.1. The van der Waals surface area contributed by atoms with Gasteiger partial charge in [0.1, 0.15) is 0 Å². The average Bonchev–Trinajstić information content (AvgIpc) is 3.48. The first-order chi connectivity index (χ1) is 15.4. The van der Waals surface area contributed by atoms with Gasteiger partial charge in [-0.3, -0.25) is 9.69 Å². The van der Waals surface area contributed by atoms with E-state index in [1.807, 2.05) is 0 Å². The van der Waals surface area contributed by atoms with Crippen LogP contribution < -0.4 is 16.0 Å². The van der Waals surface area contributed by atoms with Crippen LogP contribution in [0.1, 0.15) is 12.8 Å². The van der Waals surface area contributed by atoms with Crippen molar-refractivity contribution in [2.75, 3.05) is 69.7 Å². The molecule has 1 atom stereocenters. The van der Waals surface area contributed by atoms with Gasteiger partial charge in [-0.1, -0.05) is 0 Å². The summed E-state index contributed by atoms with van der Waals surface area (Å²) in [5.41, 5.74) is 1.14. The predicted molar refractivity (Wildman–Crippen MR) is 117 cm³/mol. The lowest BCUT2D eigenvalue weighted by atomic mass is 10.2. The van der Waals surface area contributed by atoms with Gasteiger partial charge in [-0.15, -0.1) is 0 Å². The average molecular weight is 468 g/mol. The van der Waals surface area contributed by atoms with Gasteiger partial charge in [0, 0.05) is 39.3 Å². The van der Waals surface area contributed by atoms with Crippen molar-refractivity contribution in [1.82, 2.24) is 14.5 Å². The van der Waals surface area contributed by atoms with Crippen LogP contribution in [0.15, 0.2) is 23.1 Å². The van der Waals surface area contributed by atoms with Crippen LogP contribution in [0.25, 0.3) is 0 Å². The molecule has 0 aromatic heterocycles. The molecule has 0 aliphatic carbocycles. The Morgan fingerprint density at radius 2 is 1.94 bits per heavy atom. The first-order valence-electron chi connectivity index (χ1n) is 10.8. The minimum absolute atomic E-state index is 0.0922.